The number of hydrogen-bond acceptors (Lipinski definition) is 10. The summed E-state index contributed by atoms with van der Waals surface area (Å²) in [5.41, 5.74) is 1.52. The third kappa shape index (κ3) is 3.78. The quantitative estimate of drug-likeness (QED) is 0.271. The first-order valence-corrected chi connectivity index (χ1v) is 13.5. The highest BCUT2D eigenvalue weighted by atomic mass is 16.5. The summed E-state index contributed by atoms with van der Waals surface area (Å²) in [6.07, 6.45) is 2.45. The summed E-state index contributed by atoms with van der Waals surface area (Å²) < 4.78 is 6.13. The van der Waals surface area contributed by atoms with Crippen LogP contribution in [0.2, 0.25) is 0 Å². The number of phenols is 1. The number of Topliss-reactive ketones (excluding diaryl/α,β-unsaturated/α-hetero) is 2. The van der Waals surface area contributed by atoms with E-state index in [1.54, 1.807) is 19.1 Å². The molecule has 40 heavy (non-hydrogen) atoms. The van der Waals surface area contributed by atoms with E-state index in [1.165, 1.54) is 25.1 Å². The molecule has 11 heteroatoms. The number of phenolic OH excluding ortho intramolecular Hbond substituents is 1. The minimum atomic E-state index is -2.94. The molecule has 6 atom stereocenters. The van der Waals surface area contributed by atoms with E-state index in [0.29, 0.717) is 18.4 Å². The lowest BCUT2D eigenvalue weighted by Gasteiger charge is -2.54. The maximum Gasteiger partial charge on any atom is 0.309 e. The van der Waals surface area contributed by atoms with E-state index in [1.807, 2.05) is 0 Å². The number of nitrogens with two attached hydrogens (primary N) is 1. The number of fused-ring (bicyclic) bond motifs is 3. The van der Waals surface area contributed by atoms with Crippen molar-refractivity contribution in [2.75, 3.05) is 14.1 Å². The van der Waals surface area contributed by atoms with Gasteiger partial charge in [-0.3, -0.25) is 24.1 Å². The molecular formula is C29H34N2O9. The van der Waals surface area contributed by atoms with E-state index in [4.69, 9.17) is 10.5 Å². The molecular weight excluding hydrogens is 520 g/mol. The number of hydrogen-bond donors (Lipinski definition) is 5. The Balaban J connectivity index is 1.79. The SMILES string of the molecule is CC1c2cccc(O)c2C(=O)C2=C(O)[C@]3(O)C(=O)C(C(N)=O)=C(O)[C@@H](N(C)C)[C@@H]3[C@@H](OC(=O)C3CCCCC3)[C@@H]21. The van der Waals surface area contributed by atoms with Crippen LogP contribution in [-0.2, 0) is 19.1 Å². The van der Waals surface area contributed by atoms with E-state index >= 15 is 0 Å². The molecule has 1 amide bonds. The van der Waals surface area contributed by atoms with Crippen LogP contribution in [0.4, 0.5) is 0 Å². The summed E-state index contributed by atoms with van der Waals surface area (Å²) in [7, 11) is 3.05. The van der Waals surface area contributed by atoms with Crippen LogP contribution < -0.4 is 5.73 Å². The van der Waals surface area contributed by atoms with Gasteiger partial charge in [0.05, 0.1) is 23.4 Å². The molecule has 0 aromatic heterocycles. The monoisotopic (exact) mass is 554 g/mol. The Morgan fingerprint density at radius 2 is 1.73 bits per heavy atom. The molecule has 1 unspecified atom stereocenters. The van der Waals surface area contributed by atoms with Crippen LogP contribution in [0.15, 0.2) is 40.9 Å². The van der Waals surface area contributed by atoms with Crippen molar-refractivity contribution in [3.8, 4) is 5.75 Å². The summed E-state index contributed by atoms with van der Waals surface area (Å²) in [6, 6.07) is 3.22. The van der Waals surface area contributed by atoms with Gasteiger partial charge in [-0.25, -0.2) is 0 Å². The Bertz CT molecular complexity index is 1370. The number of amides is 1. The van der Waals surface area contributed by atoms with Crippen molar-refractivity contribution < 1.29 is 44.3 Å². The van der Waals surface area contributed by atoms with Crippen LogP contribution in [0.3, 0.4) is 0 Å². The molecule has 1 aromatic rings. The molecule has 1 saturated carbocycles. The standard InChI is InChI=1S/C29H34N2O9/c1-12-14-10-7-11-15(32)17(14)22(33)18-16(12)24(40-28(38)13-8-5-4-6-9-13)20-21(31(2)3)23(34)19(27(30)37)26(36)29(20,39)25(18)35/h7,10-13,16,20-21,24,32,34-35,39H,4-6,8-9H2,1-3H3,(H2,30,37)/t12?,16-,20-,21+,24+,29+/m1/s1. The molecule has 0 heterocycles. The van der Waals surface area contributed by atoms with Gasteiger partial charge in [-0.1, -0.05) is 38.3 Å². The van der Waals surface area contributed by atoms with E-state index in [-0.39, 0.29) is 11.3 Å². The number of aliphatic hydroxyl groups is 3. The van der Waals surface area contributed by atoms with Crippen LogP contribution >= 0.6 is 0 Å². The lowest BCUT2D eigenvalue weighted by atomic mass is 9.55. The number of aromatic hydroxyl groups is 1. The number of ether oxygens (including phenoxy) is 1. The second-order valence-corrected chi connectivity index (χ2v) is 11.5. The third-order valence-corrected chi connectivity index (χ3v) is 9.16. The molecule has 6 N–H and O–H groups in total. The number of primary amides is 1. The number of aliphatic hydroxyl groups excluding tert-OH is 2. The third-order valence-electron chi connectivity index (χ3n) is 9.16. The van der Waals surface area contributed by atoms with Gasteiger partial charge in [-0.15, -0.1) is 0 Å². The fraction of sp³-hybridized carbons (Fsp3) is 0.517. The first-order valence-electron chi connectivity index (χ1n) is 13.5. The lowest BCUT2D eigenvalue weighted by Crippen LogP contribution is -2.69. The smallest absolute Gasteiger partial charge is 0.309 e. The van der Waals surface area contributed by atoms with Gasteiger partial charge in [-0.2, -0.15) is 0 Å². The molecule has 0 aliphatic heterocycles. The number of rotatable bonds is 4. The second kappa shape index (κ2) is 9.74. The largest absolute Gasteiger partial charge is 0.510 e. The number of likely N-dealkylation sites (N-methyl/N-ethyl adjacent to an activating group) is 1. The van der Waals surface area contributed by atoms with Crippen LogP contribution in [0.25, 0.3) is 0 Å². The van der Waals surface area contributed by atoms with E-state index in [0.717, 1.165) is 19.3 Å². The molecule has 1 fully saturated rings. The Morgan fingerprint density at radius 1 is 1.07 bits per heavy atom. The van der Waals surface area contributed by atoms with Gasteiger partial charge in [0.1, 0.15) is 28.9 Å². The average molecular weight is 555 g/mol. The summed E-state index contributed by atoms with van der Waals surface area (Å²) in [5.74, 6) is -9.84. The minimum absolute atomic E-state index is 0.104. The molecule has 5 rings (SSSR count). The maximum absolute atomic E-state index is 13.9. The Labute approximate surface area is 230 Å². The zero-order chi connectivity index (χ0) is 29.3. The normalized spacial score (nSPS) is 32.5. The molecule has 0 radical (unpaired) electrons. The Morgan fingerprint density at radius 3 is 2.33 bits per heavy atom. The van der Waals surface area contributed by atoms with Crippen LogP contribution in [0.5, 0.6) is 5.75 Å². The molecule has 0 bridgehead atoms. The molecule has 4 aliphatic rings. The van der Waals surface area contributed by atoms with Crippen LogP contribution in [0.1, 0.15) is 60.9 Å². The van der Waals surface area contributed by atoms with Crippen molar-refractivity contribution in [2.45, 2.75) is 62.7 Å². The van der Waals surface area contributed by atoms with Gasteiger partial charge >= 0.3 is 5.97 Å². The number of carbonyl (C=O) groups is 4. The summed E-state index contributed by atoms with van der Waals surface area (Å²) in [5, 5.41) is 45.4. The zero-order valence-corrected chi connectivity index (χ0v) is 22.6. The van der Waals surface area contributed by atoms with Crippen molar-refractivity contribution in [3.05, 3.63) is 52.0 Å². The predicted octanol–water partition coefficient (Wildman–Crippen LogP) is 1.78. The highest BCUT2D eigenvalue weighted by Gasteiger charge is 2.68. The molecule has 214 valence electrons. The summed E-state index contributed by atoms with van der Waals surface area (Å²) in [6.45, 7) is 1.73. The summed E-state index contributed by atoms with van der Waals surface area (Å²) >= 11 is 0. The first kappa shape index (κ1) is 27.9. The molecule has 11 nitrogen and oxygen atoms in total. The topological polar surface area (TPSA) is 188 Å². The van der Waals surface area contributed by atoms with Gasteiger partial charge < -0.3 is 30.9 Å². The Kier molecular flexibility index (Phi) is 6.78. The minimum Gasteiger partial charge on any atom is -0.510 e. The molecule has 1 aromatic carbocycles. The van der Waals surface area contributed by atoms with Crippen molar-refractivity contribution in [3.63, 3.8) is 0 Å². The zero-order valence-electron chi connectivity index (χ0n) is 22.6. The van der Waals surface area contributed by atoms with Gasteiger partial charge in [0.2, 0.25) is 5.78 Å². The highest BCUT2D eigenvalue weighted by Crippen LogP contribution is 2.56. The summed E-state index contributed by atoms with van der Waals surface area (Å²) in [4.78, 5) is 54.9. The molecule has 0 spiro atoms. The highest BCUT2D eigenvalue weighted by molar-refractivity contribution is 6.25. The fourth-order valence-electron chi connectivity index (χ4n) is 7.26. The second-order valence-electron chi connectivity index (χ2n) is 11.5. The maximum atomic E-state index is 13.9. The fourth-order valence-corrected chi connectivity index (χ4v) is 7.26. The van der Waals surface area contributed by atoms with Crippen molar-refractivity contribution in [1.29, 1.82) is 0 Å². The van der Waals surface area contributed by atoms with E-state index in [9.17, 15) is 39.6 Å². The van der Waals surface area contributed by atoms with Crippen molar-refractivity contribution >= 4 is 23.4 Å². The van der Waals surface area contributed by atoms with Gasteiger partial charge in [0, 0.05) is 11.5 Å². The lowest BCUT2D eigenvalue weighted by molar-refractivity contribution is -0.184. The van der Waals surface area contributed by atoms with Crippen molar-refractivity contribution in [1.82, 2.24) is 4.90 Å². The van der Waals surface area contributed by atoms with Crippen LogP contribution in [-0.4, -0.2) is 80.6 Å². The van der Waals surface area contributed by atoms with Crippen molar-refractivity contribution in [2.24, 2.45) is 23.5 Å². The number of esters is 1. The van der Waals surface area contributed by atoms with E-state index < -0.39 is 87.5 Å². The van der Waals surface area contributed by atoms with Gasteiger partial charge in [0.25, 0.3) is 5.91 Å². The number of ketones is 2. The van der Waals surface area contributed by atoms with E-state index in [2.05, 4.69) is 0 Å². The number of carbonyl (C=O) groups excluding carboxylic acids is 4. The first-order chi connectivity index (χ1) is 18.8. The average Bonchev–Trinajstić information content (AvgIpc) is 2.90. The van der Waals surface area contributed by atoms with Gasteiger partial charge in [-0.05, 0) is 44.5 Å². The van der Waals surface area contributed by atoms with Crippen LogP contribution in [0, 0.1) is 17.8 Å². The predicted molar refractivity (Wildman–Crippen MR) is 140 cm³/mol. The van der Waals surface area contributed by atoms with Gasteiger partial charge in [0.15, 0.2) is 11.4 Å². The molecule has 4 aliphatic carbocycles. The number of nitrogens with zero attached hydrogens (tertiary/aromatic N) is 1. The Hall–Kier alpha value is -3.70. The molecule has 0 saturated heterocycles. The number of benzene rings is 1.